The largest absolute Gasteiger partial charge is 0.465 e. The molecule has 0 bridgehead atoms. The first-order valence-electron chi connectivity index (χ1n) is 15.7. The highest BCUT2D eigenvalue weighted by molar-refractivity contribution is 6.04. The van der Waals surface area contributed by atoms with Crippen LogP contribution in [0.1, 0.15) is 36.1 Å². The third-order valence-corrected chi connectivity index (χ3v) is 10.7. The fourth-order valence-electron chi connectivity index (χ4n) is 8.74. The van der Waals surface area contributed by atoms with Gasteiger partial charge < -0.3 is 19.4 Å². The first-order chi connectivity index (χ1) is 21.3. The summed E-state index contributed by atoms with van der Waals surface area (Å²) in [6.07, 6.45) is 10.1. The summed E-state index contributed by atoms with van der Waals surface area (Å²) < 4.78 is 11.9. The zero-order valence-corrected chi connectivity index (χ0v) is 25.7. The maximum absolute atomic E-state index is 14.6. The summed E-state index contributed by atoms with van der Waals surface area (Å²) >= 11 is 0. The van der Waals surface area contributed by atoms with Crippen molar-refractivity contribution in [2.75, 3.05) is 40.4 Å². The molecule has 4 aliphatic rings. The number of benzene rings is 2. The Hall–Kier alpha value is -4.14. The summed E-state index contributed by atoms with van der Waals surface area (Å²) in [7, 11) is 4.14. The summed E-state index contributed by atoms with van der Waals surface area (Å²) in [5, 5.41) is 2.37. The molecule has 4 aromatic rings. The van der Waals surface area contributed by atoms with Gasteiger partial charge in [0.2, 0.25) is 0 Å². The number of aromatic nitrogens is 2. The Bertz CT molecular complexity index is 1780. The minimum Gasteiger partial charge on any atom is -0.465 e. The van der Waals surface area contributed by atoms with Crippen molar-refractivity contribution in [3.05, 3.63) is 83.2 Å². The summed E-state index contributed by atoms with van der Waals surface area (Å²) in [6.45, 7) is 4.75. The number of hydrogen-bond donors (Lipinski definition) is 2. The number of aromatic amines is 2. The lowest BCUT2D eigenvalue weighted by molar-refractivity contribution is -0.176. The van der Waals surface area contributed by atoms with Gasteiger partial charge in [-0.25, -0.2) is 0 Å². The maximum Gasteiger partial charge on any atom is 0.318 e. The van der Waals surface area contributed by atoms with Crippen LogP contribution in [0.4, 0.5) is 0 Å². The number of hydrogen-bond acceptors (Lipinski definition) is 6. The van der Waals surface area contributed by atoms with Crippen molar-refractivity contribution in [2.24, 2.45) is 10.8 Å². The predicted octanol–water partition coefficient (Wildman–Crippen LogP) is 4.96. The van der Waals surface area contributed by atoms with Crippen LogP contribution in [0.5, 0.6) is 0 Å². The van der Waals surface area contributed by atoms with E-state index in [0.29, 0.717) is 13.1 Å². The Morgan fingerprint density at radius 2 is 1.18 bits per heavy atom. The molecule has 0 saturated heterocycles. The summed E-state index contributed by atoms with van der Waals surface area (Å²) in [4.78, 5) is 40.7. The molecule has 2 N–H and O–H groups in total. The zero-order valence-electron chi connectivity index (χ0n) is 25.7. The van der Waals surface area contributed by atoms with E-state index in [1.807, 2.05) is 13.8 Å². The lowest BCUT2D eigenvalue weighted by atomic mass is 9.56. The molecular weight excluding hydrogens is 552 g/mol. The Morgan fingerprint density at radius 3 is 1.59 bits per heavy atom. The number of nitrogens with zero attached hydrogens (tertiary/aromatic N) is 2. The summed E-state index contributed by atoms with van der Waals surface area (Å²) in [6, 6.07) is 12.7. The van der Waals surface area contributed by atoms with Crippen molar-refractivity contribution in [3.63, 3.8) is 0 Å². The molecule has 2 aliphatic heterocycles. The van der Waals surface area contributed by atoms with Gasteiger partial charge in [-0.05, 0) is 86.3 Å². The van der Waals surface area contributed by atoms with Crippen molar-refractivity contribution >= 4 is 44.9 Å². The minimum absolute atomic E-state index is 0.0678. The highest BCUT2D eigenvalue weighted by atomic mass is 16.5. The molecule has 0 amide bonds. The van der Waals surface area contributed by atoms with Crippen LogP contribution >= 0.6 is 0 Å². The third kappa shape index (κ3) is 3.52. The van der Waals surface area contributed by atoms with Crippen LogP contribution in [-0.2, 0) is 31.9 Å². The van der Waals surface area contributed by atoms with E-state index in [2.05, 4.69) is 94.8 Å². The molecule has 8 rings (SSSR count). The number of rotatable bonds is 5. The van der Waals surface area contributed by atoms with Crippen molar-refractivity contribution in [1.29, 1.82) is 0 Å². The molecule has 226 valence electrons. The normalized spacial score (nSPS) is 27.8. The number of carbonyl (C=O) groups excluding carboxylic acids is 2. The van der Waals surface area contributed by atoms with Crippen LogP contribution in [0.2, 0.25) is 0 Å². The van der Waals surface area contributed by atoms with Crippen molar-refractivity contribution in [3.8, 4) is 0 Å². The van der Waals surface area contributed by atoms with Crippen LogP contribution in [-0.4, -0.2) is 84.2 Å². The molecule has 8 heteroatoms. The first kappa shape index (κ1) is 27.4. The zero-order chi connectivity index (χ0) is 30.4. The van der Waals surface area contributed by atoms with Gasteiger partial charge in [-0.1, -0.05) is 36.4 Å². The number of fused-ring (bicyclic) bond motifs is 4. The second-order valence-electron chi connectivity index (χ2n) is 12.9. The van der Waals surface area contributed by atoms with Crippen LogP contribution in [0.3, 0.4) is 0 Å². The number of likely N-dealkylation sites (N-methyl/N-ethyl adjacent to an activating group) is 2. The van der Waals surface area contributed by atoms with Crippen LogP contribution in [0.15, 0.2) is 60.9 Å². The van der Waals surface area contributed by atoms with Gasteiger partial charge in [-0.2, -0.15) is 0 Å². The predicted molar refractivity (Wildman–Crippen MR) is 171 cm³/mol. The van der Waals surface area contributed by atoms with E-state index < -0.39 is 22.8 Å². The molecule has 2 aliphatic carbocycles. The van der Waals surface area contributed by atoms with Crippen LogP contribution in [0, 0.1) is 10.8 Å². The highest BCUT2D eigenvalue weighted by Gasteiger charge is 2.65. The second-order valence-corrected chi connectivity index (χ2v) is 12.9. The molecule has 4 heterocycles. The van der Waals surface area contributed by atoms with E-state index in [0.717, 1.165) is 46.1 Å². The minimum atomic E-state index is -1.33. The maximum atomic E-state index is 14.6. The average Bonchev–Trinajstić information content (AvgIpc) is 3.64. The standard InChI is InChI=1S/C36H38N4O4/c1-5-43-33(41)35(15-25-23-9-7-11-27-31(23)21(17-37-27)13-29(25)39(3)19-35)36(34(42)44-6-2)16-26-24-10-8-12-28-32(24)22(18-38-28)14-30(26)40(4)20-36/h7-12,15-18,29-30,37-38H,5-6,13-14,19-20H2,1-4H3/t29-,30-,35-,36-/m1/s1. The summed E-state index contributed by atoms with van der Waals surface area (Å²) in [5.41, 5.74) is 6.37. The monoisotopic (exact) mass is 590 g/mol. The second kappa shape index (κ2) is 9.68. The topological polar surface area (TPSA) is 90.7 Å². The van der Waals surface area contributed by atoms with E-state index in [4.69, 9.17) is 9.47 Å². The average molecular weight is 591 g/mol. The fraction of sp³-hybridized carbons (Fsp3) is 0.389. The Kier molecular flexibility index (Phi) is 6.03. The van der Waals surface area contributed by atoms with Crippen LogP contribution < -0.4 is 0 Å². The number of nitrogens with one attached hydrogen (secondary N) is 2. The number of carbonyl (C=O) groups is 2. The lowest BCUT2D eigenvalue weighted by Crippen LogP contribution is -2.65. The molecule has 0 fully saturated rings. The van der Waals surface area contributed by atoms with E-state index in [9.17, 15) is 9.59 Å². The van der Waals surface area contributed by atoms with E-state index in [1.54, 1.807) is 0 Å². The van der Waals surface area contributed by atoms with Gasteiger partial charge in [0.15, 0.2) is 0 Å². The van der Waals surface area contributed by atoms with Crippen molar-refractivity contribution < 1.29 is 19.1 Å². The van der Waals surface area contributed by atoms with Gasteiger partial charge in [0.25, 0.3) is 0 Å². The van der Waals surface area contributed by atoms with E-state index >= 15 is 0 Å². The van der Waals surface area contributed by atoms with Crippen LogP contribution in [0.25, 0.3) is 33.0 Å². The van der Waals surface area contributed by atoms with Gasteiger partial charge in [0.1, 0.15) is 10.8 Å². The fourth-order valence-corrected chi connectivity index (χ4v) is 8.74. The van der Waals surface area contributed by atoms with Crippen molar-refractivity contribution in [2.45, 2.75) is 38.8 Å². The number of H-pyrrole nitrogens is 2. The van der Waals surface area contributed by atoms with Gasteiger partial charge in [-0.3, -0.25) is 19.4 Å². The molecule has 4 atom stereocenters. The van der Waals surface area contributed by atoms with Crippen molar-refractivity contribution in [1.82, 2.24) is 19.8 Å². The highest BCUT2D eigenvalue weighted by Crippen LogP contribution is 2.56. The summed E-state index contributed by atoms with van der Waals surface area (Å²) in [5.74, 6) is -0.782. The van der Waals surface area contributed by atoms with Gasteiger partial charge >= 0.3 is 11.9 Å². The van der Waals surface area contributed by atoms with Gasteiger partial charge in [-0.15, -0.1) is 0 Å². The molecule has 0 unspecified atom stereocenters. The smallest absolute Gasteiger partial charge is 0.318 e. The SMILES string of the molecule is CCOC(=O)[C@@]1([C@]2(C(=O)OCC)C=C3c4cccc5[nH]cc(c45)C[C@H]3N(C)C2)C=C2c3cccc4[nH]cc(c34)C[C@H]2N(C)C1. The van der Waals surface area contributed by atoms with Gasteiger partial charge in [0.05, 0.1) is 13.2 Å². The van der Waals surface area contributed by atoms with E-state index in [-0.39, 0.29) is 25.3 Å². The molecule has 2 aromatic heterocycles. The Labute approximate surface area is 256 Å². The number of ether oxygens (including phenoxy) is 2. The lowest BCUT2D eigenvalue weighted by Gasteiger charge is -2.54. The first-order valence-corrected chi connectivity index (χ1v) is 15.7. The molecule has 0 spiro atoms. The Balaban J connectivity index is 1.43. The van der Waals surface area contributed by atoms with Gasteiger partial charge in [0, 0.05) is 59.4 Å². The Morgan fingerprint density at radius 1 is 0.750 bits per heavy atom. The quantitative estimate of drug-likeness (QED) is 0.320. The molecule has 2 aromatic carbocycles. The molecule has 8 nitrogen and oxygen atoms in total. The third-order valence-electron chi connectivity index (χ3n) is 10.7. The number of esters is 2. The molecule has 44 heavy (non-hydrogen) atoms. The van der Waals surface area contributed by atoms with E-state index in [1.165, 1.54) is 21.9 Å². The molecular formula is C36H38N4O4. The molecule has 0 saturated carbocycles. The molecule has 0 radical (unpaired) electrons.